The van der Waals surface area contributed by atoms with Crippen LogP contribution in [0.2, 0.25) is 0 Å². The van der Waals surface area contributed by atoms with Crippen LogP contribution in [0.5, 0.6) is 5.75 Å². The smallest absolute Gasteiger partial charge is 0.344 e. The molecule has 1 aromatic carbocycles. The Morgan fingerprint density at radius 1 is 1.33 bits per heavy atom. The zero-order valence-corrected chi connectivity index (χ0v) is 10.1. The molecular weight excluding hydrogens is 236 g/mol. The molecule has 1 atom stereocenters. The summed E-state index contributed by atoms with van der Waals surface area (Å²) < 4.78 is 10.00. The van der Waals surface area contributed by atoms with Crippen molar-refractivity contribution in [2.45, 2.75) is 6.92 Å². The first-order valence-corrected chi connectivity index (χ1v) is 5.43. The van der Waals surface area contributed by atoms with Crippen molar-refractivity contribution in [1.82, 2.24) is 0 Å². The second kappa shape index (κ2) is 6.48. The minimum Gasteiger partial charge on any atom is -0.480 e. The maximum absolute atomic E-state index is 11.3. The Labute approximate surface area is 105 Å². The lowest BCUT2D eigenvalue weighted by molar-refractivity contribution is -0.148. The van der Waals surface area contributed by atoms with Crippen molar-refractivity contribution in [3.8, 4) is 5.75 Å². The topological polar surface area (TPSA) is 105 Å². The van der Waals surface area contributed by atoms with Crippen molar-refractivity contribution in [2.24, 2.45) is 11.7 Å². The van der Waals surface area contributed by atoms with Crippen molar-refractivity contribution in [3.63, 3.8) is 0 Å². The molecule has 0 spiro atoms. The summed E-state index contributed by atoms with van der Waals surface area (Å²) in [4.78, 5) is 22.0. The summed E-state index contributed by atoms with van der Waals surface area (Å²) in [7, 11) is 0. The number of anilines is 1. The highest BCUT2D eigenvalue weighted by atomic mass is 16.6. The average molecular weight is 252 g/mol. The molecule has 1 rings (SSSR count). The molecule has 0 radical (unpaired) electrons. The number of ether oxygens (including phenoxy) is 2. The van der Waals surface area contributed by atoms with Crippen LogP contribution in [0, 0.1) is 5.92 Å². The highest BCUT2D eigenvalue weighted by molar-refractivity contribution is 5.77. The van der Waals surface area contributed by atoms with E-state index in [9.17, 15) is 9.59 Å². The van der Waals surface area contributed by atoms with E-state index in [1.54, 1.807) is 31.2 Å². The Bertz CT molecular complexity index is 434. The van der Waals surface area contributed by atoms with Gasteiger partial charge in [0, 0.05) is 0 Å². The van der Waals surface area contributed by atoms with Crippen molar-refractivity contribution in [3.05, 3.63) is 24.3 Å². The first-order valence-electron chi connectivity index (χ1n) is 5.43. The lowest BCUT2D eigenvalue weighted by Gasteiger charge is -2.10. The van der Waals surface area contributed by atoms with Crippen molar-refractivity contribution in [1.29, 1.82) is 0 Å². The molecule has 0 bridgehead atoms. The zero-order valence-electron chi connectivity index (χ0n) is 10.1. The van der Waals surface area contributed by atoms with Crippen LogP contribution in [-0.2, 0) is 14.3 Å². The van der Waals surface area contributed by atoms with Gasteiger partial charge < -0.3 is 20.9 Å². The maximum Gasteiger partial charge on any atom is 0.344 e. The lowest BCUT2D eigenvalue weighted by Crippen LogP contribution is -2.27. The average Bonchev–Trinajstić information content (AvgIpc) is 2.34. The molecule has 0 saturated carbocycles. The molecule has 0 saturated heterocycles. The normalized spacial score (nSPS) is 11.6. The van der Waals surface area contributed by atoms with Gasteiger partial charge in [-0.3, -0.25) is 4.79 Å². The number of amides is 1. The van der Waals surface area contributed by atoms with Gasteiger partial charge in [-0.1, -0.05) is 19.1 Å². The summed E-state index contributed by atoms with van der Waals surface area (Å²) >= 11 is 0. The second-order valence-electron chi connectivity index (χ2n) is 3.81. The van der Waals surface area contributed by atoms with E-state index in [1.807, 2.05) is 0 Å². The summed E-state index contributed by atoms with van der Waals surface area (Å²) in [6, 6.07) is 6.81. The minimum atomic E-state index is -0.577. The highest BCUT2D eigenvalue weighted by Crippen LogP contribution is 2.19. The number of nitrogens with two attached hydrogens (primary N) is 2. The first kappa shape index (κ1) is 13.8. The van der Waals surface area contributed by atoms with Gasteiger partial charge >= 0.3 is 5.97 Å². The summed E-state index contributed by atoms with van der Waals surface area (Å²) in [5.41, 5.74) is 11.1. The van der Waals surface area contributed by atoms with E-state index in [0.717, 1.165) is 0 Å². The zero-order chi connectivity index (χ0) is 13.5. The van der Waals surface area contributed by atoms with Gasteiger partial charge in [0.1, 0.15) is 12.4 Å². The Hall–Kier alpha value is -2.24. The first-order chi connectivity index (χ1) is 8.50. The molecule has 6 nitrogen and oxygen atoms in total. The fourth-order valence-corrected chi connectivity index (χ4v) is 1.09. The number of carbonyl (C=O) groups excluding carboxylic acids is 2. The highest BCUT2D eigenvalue weighted by Gasteiger charge is 2.12. The fourth-order valence-electron chi connectivity index (χ4n) is 1.09. The van der Waals surface area contributed by atoms with E-state index in [2.05, 4.69) is 0 Å². The third kappa shape index (κ3) is 4.32. The Morgan fingerprint density at radius 3 is 2.61 bits per heavy atom. The van der Waals surface area contributed by atoms with Crippen LogP contribution >= 0.6 is 0 Å². The Balaban J connectivity index is 2.34. The largest absolute Gasteiger partial charge is 0.480 e. The summed E-state index contributed by atoms with van der Waals surface area (Å²) in [6.07, 6.45) is 0. The number of rotatable bonds is 6. The van der Waals surface area contributed by atoms with Crippen LogP contribution in [0.4, 0.5) is 5.69 Å². The van der Waals surface area contributed by atoms with Crippen LogP contribution in [0.25, 0.3) is 0 Å². The van der Waals surface area contributed by atoms with Gasteiger partial charge in [0.15, 0.2) is 6.61 Å². The minimum absolute atomic E-state index is 0.0538. The van der Waals surface area contributed by atoms with Crippen molar-refractivity contribution >= 4 is 17.6 Å². The molecule has 1 amide bonds. The monoisotopic (exact) mass is 252 g/mol. The van der Waals surface area contributed by atoms with Crippen LogP contribution in [0.3, 0.4) is 0 Å². The molecule has 0 aliphatic carbocycles. The summed E-state index contributed by atoms with van der Waals surface area (Å²) in [5, 5.41) is 0. The second-order valence-corrected chi connectivity index (χ2v) is 3.81. The van der Waals surface area contributed by atoms with Gasteiger partial charge in [-0.05, 0) is 12.1 Å². The van der Waals surface area contributed by atoms with Crippen LogP contribution in [0.1, 0.15) is 6.92 Å². The standard InChI is InChI=1S/C12H16N2O4/c1-8(12(14)16)6-18-11(15)7-17-10-5-3-2-4-9(10)13/h2-5,8H,6-7,13H2,1H3,(H2,14,16). The number of hydrogen-bond acceptors (Lipinski definition) is 5. The van der Waals surface area contributed by atoms with E-state index in [-0.39, 0.29) is 13.2 Å². The lowest BCUT2D eigenvalue weighted by atomic mass is 10.2. The molecule has 1 unspecified atom stereocenters. The fraction of sp³-hybridized carbons (Fsp3) is 0.333. The van der Waals surface area contributed by atoms with E-state index < -0.39 is 17.8 Å². The third-order valence-electron chi connectivity index (χ3n) is 2.24. The SMILES string of the molecule is CC(COC(=O)COc1ccccc1N)C(N)=O. The number of para-hydroxylation sites is 2. The molecule has 4 N–H and O–H groups in total. The number of esters is 1. The van der Waals surface area contributed by atoms with E-state index in [1.165, 1.54) is 0 Å². The maximum atomic E-state index is 11.3. The van der Waals surface area contributed by atoms with Gasteiger partial charge in [0.25, 0.3) is 0 Å². The molecule has 98 valence electrons. The molecular formula is C12H16N2O4. The van der Waals surface area contributed by atoms with Crippen molar-refractivity contribution in [2.75, 3.05) is 18.9 Å². The molecule has 18 heavy (non-hydrogen) atoms. The molecule has 6 heteroatoms. The van der Waals surface area contributed by atoms with Crippen molar-refractivity contribution < 1.29 is 19.1 Å². The Morgan fingerprint density at radius 2 is 2.00 bits per heavy atom. The van der Waals surface area contributed by atoms with Gasteiger partial charge in [-0.25, -0.2) is 4.79 Å². The molecule has 0 heterocycles. The van der Waals surface area contributed by atoms with Gasteiger partial charge in [0.2, 0.25) is 5.91 Å². The molecule has 0 aliphatic rings. The molecule has 0 aliphatic heterocycles. The van der Waals surface area contributed by atoms with Gasteiger partial charge in [0.05, 0.1) is 11.6 Å². The van der Waals surface area contributed by atoms with Gasteiger partial charge in [-0.15, -0.1) is 0 Å². The summed E-state index contributed by atoms with van der Waals surface area (Å²) in [6.45, 7) is 1.26. The Kier molecular flexibility index (Phi) is 4.98. The van der Waals surface area contributed by atoms with Crippen LogP contribution in [0.15, 0.2) is 24.3 Å². The van der Waals surface area contributed by atoms with E-state index in [0.29, 0.717) is 11.4 Å². The number of carbonyl (C=O) groups is 2. The van der Waals surface area contributed by atoms with E-state index in [4.69, 9.17) is 20.9 Å². The number of nitrogen functional groups attached to an aromatic ring is 1. The number of benzene rings is 1. The van der Waals surface area contributed by atoms with Crippen LogP contribution < -0.4 is 16.2 Å². The van der Waals surface area contributed by atoms with E-state index >= 15 is 0 Å². The van der Waals surface area contributed by atoms with Gasteiger partial charge in [-0.2, -0.15) is 0 Å². The molecule has 1 aromatic rings. The number of hydrogen-bond donors (Lipinski definition) is 2. The predicted molar refractivity (Wildman–Crippen MR) is 65.7 cm³/mol. The predicted octanol–water partition coefficient (Wildman–Crippen LogP) is 0.312. The van der Waals surface area contributed by atoms with Crippen LogP contribution in [-0.4, -0.2) is 25.1 Å². The molecule has 0 fully saturated rings. The number of primary amides is 1. The summed E-state index contributed by atoms with van der Waals surface area (Å²) in [5.74, 6) is -1.20. The quantitative estimate of drug-likeness (QED) is 0.560. The molecule has 0 aromatic heterocycles. The third-order valence-corrected chi connectivity index (χ3v) is 2.24.